The van der Waals surface area contributed by atoms with Gasteiger partial charge in [0.25, 0.3) is 5.91 Å². The van der Waals surface area contributed by atoms with E-state index in [-0.39, 0.29) is 17.5 Å². The summed E-state index contributed by atoms with van der Waals surface area (Å²) < 4.78 is 0. The second-order valence-electron chi connectivity index (χ2n) is 3.70. The Morgan fingerprint density at radius 2 is 2.18 bits per heavy atom. The van der Waals surface area contributed by atoms with E-state index in [9.17, 15) is 9.90 Å². The minimum absolute atomic E-state index is 0.0926. The highest BCUT2D eigenvalue weighted by Crippen LogP contribution is 2.20. The maximum atomic E-state index is 11.7. The van der Waals surface area contributed by atoms with Gasteiger partial charge >= 0.3 is 0 Å². The molecule has 0 saturated heterocycles. The molecule has 6 heteroatoms. The molecule has 0 saturated carbocycles. The lowest BCUT2D eigenvalue weighted by atomic mass is 10.2. The lowest BCUT2D eigenvalue weighted by Crippen LogP contribution is -2.14. The Labute approximate surface area is 97.7 Å². The van der Waals surface area contributed by atoms with Gasteiger partial charge in [-0.2, -0.15) is 0 Å². The van der Waals surface area contributed by atoms with Crippen LogP contribution >= 0.6 is 0 Å². The van der Waals surface area contributed by atoms with Crippen LogP contribution in [0.5, 0.6) is 5.75 Å². The summed E-state index contributed by atoms with van der Waals surface area (Å²) in [7, 11) is 0. The molecule has 0 aliphatic heterocycles. The lowest BCUT2D eigenvalue weighted by molar-refractivity contribution is 0.101. The molecule has 2 aromatic rings. The molecule has 2 rings (SSSR count). The average Bonchev–Trinajstić information content (AvgIpc) is 2.69. The van der Waals surface area contributed by atoms with Gasteiger partial charge in [-0.1, -0.05) is 0 Å². The van der Waals surface area contributed by atoms with Gasteiger partial charge in [-0.3, -0.25) is 9.89 Å². The van der Waals surface area contributed by atoms with Gasteiger partial charge < -0.3 is 10.4 Å². The van der Waals surface area contributed by atoms with Crippen molar-refractivity contribution in [3.05, 3.63) is 35.4 Å². The predicted molar refractivity (Wildman–Crippen MR) is 61.9 cm³/mol. The first kappa shape index (κ1) is 11.1. The van der Waals surface area contributed by atoms with E-state index < -0.39 is 0 Å². The quantitative estimate of drug-likeness (QED) is 0.682. The van der Waals surface area contributed by atoms with Crippen LogP contribution in [0.25, 0.3) is 0 Å². The van der Waals surface area contributed by atoms with E-state index in [1.54, 1.807) is 26.0 Å². The van der Waals surface area contributed by atoms with Crippen molar-refractivity contribution >= 4 is 11.6 Å². The van der Waals surface area contributed by atoms with Crippen molar-refractivity contribution in [1.29, 1.82) is 0 Å². The van der Waals surface area contributed by atoms with Gasteiger partial charge in [0.05, 0.1) is 0 Å². The lowest BCUT2D eigenvalue weighted by Gasteiger charge is -2.06. The summed E-state index contributed by atoms with van der Waals surface area (Å²) in [5.74, 6) is 0.449. The van der Waals surface area contributed by atoms with E-state index in [0.717, 1.165) is 5.56 Å². The summed E-state index contributed by atoms with van der Waals surface area (Å²) in [5.41, 5.74) is 1.39. The standard InChI is InChI=1S/C11H12N4O2/c1-6-5-8(16)3-4-9(6)13-11(17)10-12-7(2)14-15-10/h3-5,16H,1-2H3,(H,13,17)(H,12,14,15). The molecule has 0 unspecified atom stereocenters. The fourth-order valence-corrected chi connectivity index (χ4v) is 1.41. The first-order valence-corrected chi connectivity index (χ1v) is 5.06. The number of rotatable bonds is 2. The number of carbonyl (C=O) groups excluding carboxylic acids is 1. The van der Waals surface area contributed by atoms with Crippen LogP contribution in [-0.2, 0) is 0 Å². The number of H-pyrrole nitrogens is 1. The van der Waals surface area contributed by atoms with Crippen LogP contribution in [0.1, 0.15) is 22.0 Å². The number of aromatic amines is 1. The average molecular weight is 232 g/mol. The van der Waals surface area contributed by atoms with Crippen molar-refractivity contribution < 1.29 is 9.90 Å². The van der Waals surface area contributed by atoms with Gasteiger partial charge in [-0.15, -0.1) is 5.10 Å². The van der Waals surface area contributed by atoms with Crippen LogP contribution in [0.4, 0.5) is 5.69 Å². The third-order valence-electron chi connectivity index (χ3n) is 2.26. The molecule has 0 fully saturated rings. The Morgan fingerprint density at radius 1 is 1.41 bits per heavy atom. The number of amides is 1. The molecule has 3 N–H and O–H groups in total. The summed E-state index contributed by atoms with van der Waals surface area (Å²) >= 11 is 0. The van der Waals surface area contributed by atoms with Crippen molar-refractivity contribution in [2.24, 2.45) is 0 Å². The number of benzene rings is 1. The number of nitrogens with one attached hydrogen (secondary N) is 2. The number of phenolic OH excluding ortho intramolecular Hbond substituents is 1. The van der Waals surface area contributed by atoms with Crippen LogP contribution in [-0.4, -0.2) is 26.2 Å². The number of aromatic nitrogens is 3. The molecule has 1 aromatic carbocycles. The fraction of sp³-hybridized carbons (Fsp3) is 0.182. The van der Waals surface area contributed by atoms with Crippen LogP contribution in [0.2, 0.25) is 0 Å². The van der Waals surface area contributed by atoms with Crippen LogP contribution in [0, 0.1) is 13.8 Å². The summed E-state index contributed by atoms with van der Waals surface area (Å²) in [6.45, 7) is 3.51. The van der Waals surface area contributed by atoms with Crippen molar-refractivity contribution in [3.63, 3.8) is 0 Å². The Hall–Kier alpha value is -2.37. The molecule has 1 heterocycles. The Morgan fingerprint density at radius 3 is 2.76 bits per heavy atom. The van der Waals surface area contributed by atoms with Gasteiger partial charge in [-0.25, -0.2) is 4.98 Å². The summed E-state index contributed by atoms with van der Waals surface area (Å²) in [4.78, 5) is 15.7. The molecule has 0 bridgehead atoms. The van der Waals surface area contributed by atoms with E-state index >= 15 is 0 Å². The molecule has 6 nitrogen and oxygen atoms in total. The number of aromatic hydroxyl groups is 1. The van der Waals surface area contributed by atoms with E-state index in [1.165, 1.54) is 6.07 Å². The molecule has 0 radical (unpaired) electrons. The van der Waals surface area contributed by atoms with Gasteiger partial charge in [0.15, 0.2) is 0 Å². The van der Waals surface area contributed by atoms with Crippen LogP contribution in [0.15, 0.2) is 18.2 Å². The van der Waals surface area contributed by atoms with Crippen molar-refractivity contribution in [3.8, 4) is 5.75 Å². The van der Waals surface area contributed by atoms with Gasteiger partial charge in [0.1, 0.15) is 11.6 Å². The fourth-order valence-electron chi connectivity index (χ4n) is 1.41. The second-order valence-corrected chi connectivity index (χ2v) is 3.70. The molecule has 0 aliphatic carbocycles. The number of hydrogen-bond acceptors (Lipinski definition) is 4. The van der Waals surface area contributed by atoms with Crippen LogP contribution in [0.3, 0.4) is 0 Å². The molecule has 1 aromatic heterocycles. The van der Waals surface area contributed by atoms with Gasteiger partial charge in [0.2, 0.25) is 5.82 Å². The Bertz CT molecular complexity index is 562. The zero-order valence-corrected chi connectivity index (χ0v) is 9.48. The van der Waals surface area contributed by atoms with Gasteiger partial charge in [0, 0.05) is 5.69 Å². The number of aryl methyl sites for hydroxylation is 2. The predicted octanol–water partition coefficient (Wildman–Crippen LogP) is 1.38. The number of nitrogens with zero attached hydrogens (tertiary/aromatic N) is 2. The molecular formula is C11H12N4O2. The first-order valence-electron chi connectivity index (χ1n) is 5.06. The Kier molecular flexibility index (Phi) is 2.78. The summed E-state index contributed by atoms with van der Waals surface area (Å²) in [6.07, 6.45) is 0. The van der Waals surface area contributed by atoms with Crippen molar-refractivity contribution in [2.75, 3.05) is 5.32 Å². The third-order valence-corrected chi connectivity index (χ3v) is 2.26. The number of phenols is 1. The highest BCUT2D eigenvalue weighted by atomic mass is 16.3. The Balaban J connectivity index is 2.18. The third kappa shape index (κ3) is 2.41. The zero-order valence-electron chi connectivity index (χ0n) is 9.48. The molecule has 88 valence electrons. The number of hydrogen-bond donors (Lipinski definition) is 3. The van der Waals surface area contributed by atoms with Crippen molar-refractivity contribution in [1.82, 2.24) is 15.2 Å². The van der Waals surface area contributed by atoms with E-state index in [2.05, 4.69) is 20.5 Å². The maximum Gasteiger partial charge on any atom is 0.295 e. The number of carbonyl (C=O) groups is 1. The molecule has 17 heavy (non-hydrogen) atoms. The topological polar surface area (TPSA) is 90.9 Å². The summed E-state index contributed by atoms with van der Waals surface area (Å²) in [5, 5.41) is 18.3. The number of anilines is 1. The smallest absolute Gasteiger partial charge is 0.295 e. The molecule has 0 atom stereocenters. The van der Waals surface area contributed by atoms with E-state index in [1.807, 2.05) is 0 Å². The summed E-state index contributed by atoms with van der Waals surface area (Å²) in [6, 6.07) is 4.70. The normalized spacial score (nSPS) is 10.2. The van der Waals surface area contributed by atoms with E-state index in [4.69, 9.17) is 0 Å². The minimum Gasteiger partial charge on any atom is -0.508 e. The highest BCUT2D eigenvalue weighted by Gasteiger charge is 2.12. The second kappa shape index (κ2) is 4.25. The molecule has 1 amide bonds. The minimum atomic E-state index is -0.386. The SMILES string of the molecule is Cc1nc(C(=O)Nc2ccc(O)cc2C)n[nH]1. The molecular weight excluding hydrogens is 220 g/mol. The zero-order chi connectivity index (χ0) is 12.4. The molecule has 0 aliphatic rings. The van der Waals surface area contributed by atoms with Crippen molar-refractivity contribution in [2.45, 2.75) is 13.8 Å². The first-order chi connectivity index (χ1) is 8.06. The highest BCUT2D eigenvalue weighted by molar-refractivity contribution is 6.01. The monoisotopic (exact) mass is 232 g/mol. The molecule has 0 spiro atoms. The van der Waals surface area contributed by atoms with Gasteiger partial charge in [-0.05, 0) is 37.6 Å². The van der Waals surface area contributed by atoms with Crippen LogP contribution < -0.4 is 5.32 Å². The van der Waals surface area contributed by atoms with E-state index in [0.29, 0.717) is 11.5 Å². The largest absolute Gasteiger partial charge is 0.508 e. The maximum absolute atomic E-state index is 11.7.